The molecule has 0 fully saturated rings. The van der Waals surface area contributed by atoms with Gasteiger partial charge in [0.2, 0.25) is 0 Å². The number of hydrogen-bond donors (Lipinski definition) is 0. The predicted molar refractivity (Wildman–Crippen MR) is 107 cm³/mol. The molecule has 0 aliphatic carbocycles. The van der Waals surface area contributed by atoms with E-state index >= 15 is 0 Å². The SMILES string of the molecule is Cc1ccc(C#Cc2ccc3ccc4cccc5ccc2c3c45)cc1F. The number of benzene rings is 5. The van der Waals surface area contributed by atoms with Gasteiger partial charge in [-0.05, 0) is 63.0 Å². The van der Waals surface area contributed by atoms with E-state index in [0.29, 0.717) is 11.1 Å². The van der Waals surface area contributed by atoms with Crippen molar-refractivity contribution >= 4 is 32.3 Å². The molecular weight excluding hydrogens is 319 g/mol. The van der Waals surface area contributed by atoms with Gasteiger partial charge in [0, 0.05) is 11.1 Å². The second-order valence-electron chi connectivity index (χ2n) is 6.68. The van der Waals surface area contributed by atoms with Gasteiger partial charge in [0.05, 0.1) is 0 Å². The Morgan fingerprint density at radius 2 is 1.38 bits per heavy atom. The minimum atomic E-state index is -0.216. The summed E-state index contributed by atoms with van der Waals surface area (Å²) in [5, 5.41) is 7.38. The van der Waals surface area contributed by atoms with Crippen LogP contribution >= 0.6 is 0 Å². The van der Waals surface area contributed by atoms with Crippen LogP contribution in [0.3, 0.4) is 0 Å². The summed E-state index contributed by atoms with van der Waals surface area (Å²) in [5.41, 5.74) is 2.30. The Balaban J connectivity index is 1.76. The average molecular weight is 334 g/mol. The zero-order valence-corrected chi connectivity index (χ0v) is 14.3. The highest BCUT2D eigenvalue weighted by Crippen LogP contribution is 2.35. The van der Waals surface area contributed by atoms with Gasteiger partial charge >= 0.3 is 0 Å². The van der Waals surface area contributed by atoms with Gasteiger partial charge < -0.3 is 0 Å². The molecule has 0 aromatic heterocycles. The molecule has 122 valence electrons. The van der Waals surface area contributed by atoms with Crippen LogP contribution in [0, 0.1) is 24.6 Å². The molecule has 5 aromatic rings. The van der Waals surface area contributed by atoms with E-state index in [4.69, 9.17) is 0 Å². The summed E-state index contributed by atoms with van der Waals surface area (Å²) in [6.07, 6.45) is 0. The largest absolute Gasteiger partial charge is 0.207 e. The van der Waals surface area contributed by atoms with Gasteiger partial charge in [-0.15, -0.1) is 0 Å². The van der Waals surface area contributed by atoms with Crippen LogP contribution in [0.1, 0.15) is 16.7 Å². The van der Waals surface area contributed by atoms with E-state index in [-0.39, 0.29) is 5.82 Å². The summed E-state index contributed by atoms with van der Waals surface area (Å²) in [7, 11) is 0. The second kappa shape index (κ2) is 5.58. The Morgan fingerprint density at radius 3 is 2.15 bits per heavy atom. The van der Waals surface area contributed by atoms with Crippen LogP contribution in [-0.2, 0) is 0 Å². The molecule has 0 N–H and O–H groups in total. The normalized spacial score (nSPS) is 11.2. The van der Waals surface area contributed by atoms with E-state index < -0.39 is 0 Å². The molecule has 0 aliphatic rings. The molecule has 0 amide bonds. The third-order valence-electron chi connectivity index (χ3n) is 5.04. The smallest absolute Gasteiger partial charge is 0.127 e. The van der Waals surface area contributed by atoms with Crippen LogP contribution in [0.2, 0.25) is 0 Å². The first-order chi connectivity index (χ1) is 12.7. The summed E-state index contributed by atoms with van der Waals surface area (Å²) >= 11 is 0. The fraction of sp³-hybridized carbons (Fsp3) is 0.0400. The highest BCUT2D eigenvalue weighted by molar-refractivity contribution is 6.23. The molecule has 0 saturated carbocycles. The van der Waals surface area contributed by atoms with E-state index in [2.05, 4.69) is 66.4 Å². The summed E-state index contributed by atoms with van der Waals surface area (Å²) in [6, 6.07) is 24.3. The van der Waals surface area contributed by atoms with E-state index in [9.17, 15) is 4.39 Å². The maximum absolute atomic E-state index is 13.8. The molecule has 0 aliphatic heterocycles. The fourth-order valence-corrected chi connectivity index (χ4v) is 3.65. The Morgan fingerprint density at radius 1 is 0.692 bits per heavy atom. The summed E-state index contributed by atoms with van der Waals surface area (Å²) < 4.78 is 13.8. The van der Waals surface area contributed by atoms with E-state index in [1.165, 1.54) is 33.0 Å². The van der Waals surface area contributed by atoms with Crippen molar-refractivity contribution in [1.29, 1.82) is 0 Å². The third-order valence-corrected chi connectivity index (χ3v) is 5.04. The lowest BCUT2D eigenvalue weighted by Gasteiger charge is -2.11. The number of aryl methyl sites for hydroxylation is 1. The first kappa shape index (κ1) is 14.9. The Hall–Kier alpha value is -3.37. The molecule has 0 saturated heterocycles. The minimum Gasteiger partial charge on any atom is -0.207 e. The lowest BCUT2D eigenvalue weighted by atomic mass is 9.92. The predicted octanol–water partition coefficient (Wildman–Crippen LogP) is 6.43. The zero-order valence-electron chi connectivity index (χ0n) is 14.3. The van der Waals surface area contributed by atoms with Gasteiger partial charge in [0.25, 0.3) is 0 Å². The van der Waals surface area contributed by atoms with Crippen LogP contribution in [0.15, 0.2) is 72.8 Å². The van der Waals surface area contributed by atoms with Crippen molar-refractivity contribution in [1.82, 2.24) is 0 Å². The summed E-state index contributed by atoms with van der Waals surface area (Å²) in [4.78, 5) is 0. The highest BCUT2D eigenvalue weighted by Gasteiger charge is 2.09. The van der Waals surface area contributed by atoms with E-state index in [1.807, 2.05) is 6.07 Å². The van der Waals surface area contributed by atoms with Gasteiger partial charge in [0.15, 0.2) is 0 Å². The average Bonchev–Trinajstić information content (AvgIpc) is 2.67. The van der Waals surface area contributed by atoms with Crippen molar-refractivity contribution < 1.29 is 4.39 Å². The second-order valence-corrected chi connectivity index (χ2v) is 6.68. The molecular formula is C25H15F. The van der Waals surface area contributed by atoms with Gasteiger partial charge in [-0.25, -0.2) is 4.39 Å². The minimum absolute atomic E-state index is 0.216. The van der Waals surface area contributed by atoms with Crippen molar-refractivity contribution in [2.24, 2.45) is 0 Å². The molecule has 0 nitrogen and oxygen atoms in total. The Kier molecular flexibility index (Phi) is 3.20. The lowest BCUT2D eigenvalue weighted by Crippen LogP contribution is -1.87. The van der Waals surface area contributed by atoms with Crippen molar-refractivity contribution in [2.45, 2.75) is 6.92 Å². The maximum Gasteiger partial charge on any atom is 0.127 e. The fourth-order valence-electron chi connectivity index (χ4n) is 3.65. The highest BCUT2D eigenvalue weighted by atomic mass is 19.1. The molecule has 5 aromatic carbocycles. The standard InChI is InChI=1S/C25H15F/c1-16-5-6-17(15-23(16)26)7-8-18-9-10-21-12-11-19-3-2-4-20-13-14-22(18)25(21)24(19)20/h2-6,9-15H,1H3. The zero-order chi connectivity index (χ0) is 17.7. The number of halogens is 1. The van der Waals surface area contributed by atoms with Crippen LogP contribution in [0.25, 0.3) is 32.3 Å². The molecule has 0 atom stereocenters. The molecule has 26 heavy (non-hydrogen) atoms. The molecule has 1 heteroatoms. The van der Waals surface area contributed by atoms with Gasteiger partial charge in [-0.3, -0.25) is 0 Å². The maximum atomic E-state index is 13.8. The van der Waals surface area contributed by atoms with Gasteiger partial charge in [-0.2, -0.15) is 0 Å². The molecule has 0 heterocycles. The molecule has 0 spiro atoms. The number of hydrogen-bond acceptors (Lipinski definition) is 0. The van der Waals surface area contributed by atoms with Crippen LogP contribution < -0.4 is 0 Å². The molecule has 0 radical (unpaired) electrons. The first-order valence-electron chi connectivity index (χ1n) is 8.65. The van der Waals surface area contributed by atoms with Gasteiger partial charge in [-0.1, -0.05) is 66.4 Å². The van der Waals surface area contributed by atoms with Gasteiger partial charge in [0.1, 0.15) is 5.82 Å². The van der Waals surface area contributed by atoms with Crippen LogP contribution in [-0.4, -0.2) is 0 Å². The third kappa shape index (κ3) is 2.24. The molecule has 5 rings (SSSR count). The van der Waals surface area contributed by atoms with Crippen LogP contribution in [0.5, 0.6) is 0 Å². The van der Waals surface area contributed by atoms with Crippen molar-refractivity contribution in [3.63, 3.8) is 0 Å². The van der Waals surface area contributed by atoms with Crippen molar-refractivity contribution in [2.75, 3.05) is 0 Å². The molecule has 0 bridgehead atoms. The van der Waals surface area contributed by atoms with Crippen molar-refractivity contribution in [3.8, 4) is 11.8 Å². The van der Waals surface area contributed by atoms with E-state index in [1.54, 1.807) is 13.0 Å². The topological polar surface area (TPSA) is 0 Å². The Labute approximate surface area is 151 Å². The van der Waals surface area contributed by atoms with Crippen molar-refractivity contribution in [3.05, 3.63) is 95.3 Å². The number of rotatable bonds is 0. The summed E-state index contributed by atoms with van der Waals surface area (Å²) in [5.74, 6) is 6.14. The monoisotopic (exact) mass is 334 g/mol. The van der Waals surface area contributed by atoms with Crippen LogP contribution in [0.4, 0.5) is 4.39 Å². The quantitative estimate of drug-likeness (QED) is 0.226. The lowest BCUT2D eigenvalue weighted by molar-refractivity contribution is 0.618. The molecule has 0 unspecified atom stereocenters. The van der Waals surface area contributed by atoms with E-state index in [0.717, 1.165) is 10.9 Å². The first-order valence-corrected chi connectivity index (χ1v) is 8.65. The summed E-state index contributed by atoms with van der Waals surface area (Å²) in [6.45, 7) is 1.76. The Bertz CT molecular complexity index is 1330.